The van der Waals surface area contributed by atoms with Crippen LogP contribution in [0.15, 0.2) is 34.9 Å². The molecule has 0 fully saturated rings. The van der Waals surface area contributed by atoms with Gasteiger partial charge in [0.2, 0.25) is 0 Å². The van der Waals surface area contributed by atoms with E-state index in [1.54, 1.807) is 6.07 Å². The van der Waals surface area contributed by atoms with Crippen molar-refractivity contribution in [1.29, 1.82) is 0 Å². The van der Waals surface area contributed by atoms with Gasteiger partial charge in [-0.1, -0.05) is 0 Å². The highest BCUT2D eigenvalue weighted by atomic mass is 79.9. The summed E-state index contributed by atoms with van der Waals surface area (Å²) in [5.41, 5.74) is -0.908. The molecule has 0 atom stereocenters. The molecular weight excluding hydrogens is 350 g/mol. The maximum atomic E-state index is 13.2. The van der Waals surface area contributed by atoms with E-state index >= 15 is 0 Å². The van der Waals surface area contributed by atoms with Crippen LogP contribution in [0.3, 0.4) is 0 Å². The molecule has 0 unspecified atom stereocenters. The zero-order chi connectivity index (χ0) is 15.6. The minimum Gasteiger partial charge on any atom is -0.478 e. The number of pyridine rings is 1. The van der Waals surface area contributed by atoms with Crippen molar-refractivity contribution in [2.45, 2.75) is 0 Å². The highest BCUT2D eigenvalue weighted by molar-refractivity contribution is 9.10. The van der Waals surface area contributed by atoms with Gasteiger partial charge in [0.25, 0.3) is 5.91 Å². The standard InChI is InChI=1S/C13H7BrF2N2O3/c14-6-1-2-10(17-5-6)12(19)18-11-4-9(16)8(15)3-7(11)13(20)21/h1-5H,(H,18,19)(H,20,21). The molecule has 0 saturated heterocycles. The Morgan fingerprint density at radius 2 is 1.86 bits per heavy atom. The van der Waals surface area contributed by atoms with E-state index in [-0.39, 0.29) is 11.4 Å². The third-order valence-electron chi connectivity index (χ3n) is 2.50. The van der Waals surface area contributed by atoms with Crippen LogP contribution in [-0.4, -0.2) is 22.0 Å². The fourth-order valence-corrected chi connectivity index (χ4v) is 1.76. The summed E-state index contributed by atoms with van der Waals surface area (Å²) in [5, 5.41) is 11.1. The van der Waals surface area contributed by atoms with Gasteiger partial charge in [0.1, 0.15) is 5.69 Å². The van der Waals surface area contributed by atoms with E-state index in [1.807, 2.05) is 0 Å². The average Bonchev–Trinajstić information content (AvgIpc) is 2.43. The smallest absolute Gasteiger partial charge is 0.337 e. The van der Waals surface area contributed by atoms with Gasteiger partial charge in [-0.3, -0.25) is 4.79 Å². The second kappa shape index (κ2) is 5.96. The molecule has 0 saturated carbocycles. The first-order chi connectivity index (χ1) is 9.88. The summed E-state index contributed by atoms with van der Waals surface area (Å²) in [4.78, 5) is 26.7. The molecule has 0 aliphatic heterocycles. The van der Waals surface area contributed by atoms with Gasteiger partial charge >= 0.3 is 5.97 Å². The Morgan fingerprint density at radius 3 is 2.43 bits per heavy atom. The number of benzene rings is 1. The molecule has 1 aromatic carbocycles. The SMILES string of the molecule is O=C(Nc1cc(F)c(F)cc1C(=O)O)c1ccc(Br)cn1. The Balaban J connectivity index is 2.34. The van der Waals surface area contributed by atoms with Gasteiger partial charge in [0.05, 0.1) is 11.3 Å². The Hall–Kier alpha value is -2.35. The molecule has 0 aliphatic rings. The predicted octanol–water partition coefficient (Wildman–Crippen LogP) is 3.07. The van der Waals surface area contributed by atoms with Crippen molar-refractivity contribution in [2.75, 3.05) is 5.32 Å². The van der Waals surface area contributed by atoms with Crippen molar-refractivity contribution >= 4 is 33.5 Å². The van der Waals surface area contributed by atoms with Crippen molar-refractivity contribution in [3.05, 3.63) is 57.8 Å². The number of hydrogen-bond acceptors (Lipinski definition) is 3. The van der Waals surface area contributed by atoms with E-state index in [0.717, 1.165) is 0 Å². The lowest BCUT2D eigenvalue weighted by molar-refractivity contribution is 0.0697. The number of nitrogens with zero attached hydrogens (tertiary/aromatic N) is 1. The topological polar surface area (TPSA) is 79.3 Å². The molecule has 108 valence electrons. The minimum absolute atomic E-state index is 0.000674. The largest absolute Gasteiger partial charge is 0.478 e. The van der Waals surface area contributed by atoms with Crippen molar-refractivity contribution in [1.82, 2.24) is 4.98 Å². The monoisotopic (exact) mass is 356 g/mol. The summed E-state index contributed by atoms with van der Waals surface area (Å²) in [7, 11) is 0. The van der Waals surface area contributed by atoms with Gasteiger partial charge in [-0.05, 0) is 34.1 Å². The molecule has 21 heavy (non-hydrogen) atoms. The molecule has 0 spiro atoms. The predicted molar refractivity (Wildman–Crippen MR) is 73.2 cm³/mol. The number of halogens is 3. The van der Waals surface area contributed by atoms with E-state index in [2.05, 4.69) is 26.2 Å². The van der Waals surface area contributed by atoms with Crippen LogP contribution in [-0.2, 0) is 0 Å². The Kier molecular flexibility index (Phi) is 4.27. The lowest BCUT2D eigenvalue weighted by Gasteiger charge is -2.09. The first kappa shape index (κ1) is 15.0. The number of anilines is 1. The molecule has 1 amide bonds. The number of carbonyl (C=O) groups is 2. The summed E-state index contributed by atoms with van der Waals surface area (Å²) in [6, 6.07) is 4.06. The molecule has 1 heterocycles. The molecule has 5 nitrogen and oxygen atoms in total. The van der Waals surface area contributed by atoms with Crippen molar-refractivity contribution in [2.24, 2.45) is 0 Å². The Morgan fingerprint density at radius 1 is 1.19 bits per heavy atom. The molecular formula is C13H7BrF2N2O3. The molecule has 8 heteroatoms. The number of carbonyl (C=O) groups excluding carboxylic acids is 1. The van der Waals surface area contributed by atoms with Gasteiger partial charge in [-0.25, -0.2) is 18.6 Å². The van der Waals surface area contributed by atoms with Crippen LogP contribution < -0.4 is 5.32 Å². The van der Waals surface area contributed by atoms with E-state index in [9.17, 15) is 18.4 Å². The maximum absolute atomic E-state index is 13.2. The third kappa shape index (κ3) is 3.40. The van der Waals surface area contributed by atoms with E-state index in [4.69, 9.17) is 5.11 Å². The summed E-state index contributed by atoms with van der Waals surface area (Å²) in [5.74, 6) is -4.81. The summed E-state index contributed by atoms with van der Waals surface area (Å²) in [6.07, 6.45) is 1.37. The van der Waals surface area contributed by atoms with Gasteiger partial charge in [0.15, 0.2) is 11.6 Å². The van der Waals surface area contributed by atoms with Gasteiger partial charge in [0, 0.05) is 16.7 Å². The molecule has 1 aromatic heterocycles. The van der Waals surface area contributed by atoms with Crippen molar-refractivity contribution < 1.29 is 23.5 Å². The molecule has 0 radical (unpaired) electrons. The number of carboxylic acids is 1. The molecule has 0 bridgehead atoms. The van der Waals surface area contributed by atoms with Crippen molar-refractivity contribution in [3.63, 3.8) is 0 Å². The number of aromatic carboxylic acids is 1. The van der Waals surface area contributed by atoms with Crippen LogP contribution in [0.5, 0.6) is 0 Å². The molecule has 2 rings (SSSR count). The van der Waals surface area contributed by atoms with Crippen LogP contribution in [0, 0.1) is 11.6 Å². The Bertz CT molecular complexity index is 720. The third-order valence-corrected chi connectivity index (χ3v) is 2.97. The fourth-order valence-electron chi connectivity index (χ4n) is 1.52. The number of amides is 1. The number of aromatic nitrogens is 1. The molecule has 2 N–H and O–H groups in total. The fraction of sp³-hybridized carbons (Fsp3) is 0. The van der Waals surface area contributed by atoms with Crippen molar-refractivity contribution in [3.8, 4) is 0 Å². The second-order valence-corrected chi connectivity index (χ2v) is 4.85. The van der Waals surface area contributed by atoms with Crippen LogP contribution in [0.1, 0.15) is 20.8 Å². The Labute approximate surface area is 125 Å². The highest BCUT2D eigenvalue weighted by Gasteiger charge is 2.18. The zero-order valence-electron chi connectivity index (χ0n) is 10.2. The minimum atomic E-state index is -1.49. The number of carboxylic acid groups (broad SMARTS) is 1. The maximum Gasteiger partial charge on any atom is 0.337 e. The second-order valence-electron chi connectivity index (χ2n) is 3.93. The summed E-state index contributed by atoms with van der Waals surface area (Å²) in [6.45, 7) is 0. The van der Waals surface area contributed by atoms with Crippen LogP contribution in [0.4, 0.5) is 14.5 Å². The van der Waals surface area contributed by atoms with Gasteiger partial charge in [-0.2, -0.15) is 0 Å². The first-order valence-corrected chi connectivity index (χ1v) is 6.33. The molecule has 0 aliphatic carbocycles. The number of nitrogens with one attached hydrogen (secondary N) is 1. The van der Waals surface area contributed by atoms with E-state index in [1.165, 1.54) is 12.3 Å². The van der Waals surface area contributed by atoms with Crippen LogP contribution in [0.2, 0.25) is 0 Å². The summed E-state index contributed by atoms with van der Waals surface area (Å²) >= 11 is 3.15. The van der Waals surface area contributed by atoms with Crippen LogP contribution >= 0.6 is 15.9 Å². The number of hydrogen-bond donors (Lipinski definition) is 2. The first-order valence-electron chi connectivity index (χ1n) is 5.53. The lowest BCUT2D eigenvalue weighted by atomic mass is 10.1. The lowest BCUT2D eigenvalue weighted by Crippen LogP contribution is -2.16. The summed E-state index contributed by atoms with van der Waals surface area (Å²) < 4.78 is 26.9. The average molecular weight is 357 g/mol. The zero-order valence-corrected chi connectivity index (χ0v) is 11.8. The normalized spacial score (nSPS) is 10.2. The van der Waals surface area contributed by atoms with Crippen LogP contribution in [0.25, 0.3) is 0 Å². The van der Waals surface area contributed by atoms with Gasteiger partial charge in [-0.15, -0.1) is 0 Å². The highest BCUT2D eigenvalue weighted by Crippen LogP contribution is 2.21. The molecule has 2 aromatic rings. The quantitative estimate of drug-likeness (QED) is 0.885. The van der Waals surface area contributed by atoms with E-state index < -0.39 is 29.1 Å². The van der Waals surface area contributed by atoms with E-state index in [0.29, 0.717) is 16.6 Å². The number of rotatable bonds is 3. The van der Waals surface area contributed by atoms with Gasteiger partial charge < -0.3 is 10.4 Å².